The summed E-state index contributed by atoms with van der Waals surface area (Å²) in [7, 11) is 1.49. The molecule has 1 aliphatic rings. The van der Waals surface area contributed by atoms with Crippen molar-refractivity contribution in [2.24, 2.45) is 0 Å². The summed E-state index contributed by atoms with van der Waals surface area (Å²) in [5.74, 6) is 0.00261. The monoisotopic (exact) mass is 463 g/mol. The smallest absolute Gasteiger partial charge is 0.236 e. The van der Waals surface area contributed by atoms with Gasteiger partial charge in [0.25, 0.3) is 0 Å². The van der Waals surface area contributed by atoms with Gasteiger partial charge in [0, 0.05) is 39.3 Å². The van der Waals surface area contributed by atoms with Gasteiger partial charge < -0.3 is 9.64 Å². The quantitative estimate of drug-likeness (QED) is 0.392. The minimum absolute atomic E-state index is 0. The molecule has 6 heteroatoms. The second-order valence-electron chi connectivity index (χ2n) is 4.10. The van der Waals surface area contributed by atoms with E-state index in [2.05, 4.69) is 28.7 Å². The molecule has 1 unspecified atom stereocenters. The van der Waals surface area contributed by atoms with Crippen molar-refractivity contribution in [3.05, 3.63) is 35.7 Å². The van der Waals surface area contributed by atoms with E-state index in [1.54, 1.807) is 17.0 Å². The maximum Gasteiger partial charge on any atom is 0.236 e. The number of carbonyl (C=O) groups excluding carboxylic acids is 1. The van der Waals surface area contributed by atoms with Crippen LogP contribution in [0.5, 0.6) is 5.75 Å². The van der Waals surface area contributed by atoms with Crippen molar-refractivity contribution in [2.75, 3.05) is 13.7 Å². The maximum absolute atomic E-state index is 14.1. The zero-order chi connectivity index (χ0) is 14.0. The van der Waals surface area contributed by atoms with Gasteiger partial charge in [0.15, 0.2) is 0 Å². The first-order chi connectivity index (χ1) is 9.10. The molecule has 2 rings (SSSR count). The van der Waals surface area contributed by atoms with E-state index < -0.39 is 5.82 Å². The van der Waals surface area contributed by atoms with Crippen molar-refractivity contribution in [3.63, 3.8) is 0 Å². The van der Waals surface area contributed by atoms with Crippen LogP contribution in [0, 0.1) is 11.9 Å². The second kappa shape index (κ2) is 7.85. The van der Waals surface area contributed by atoms with Crippen LogP contribution in [0.1, 0.15) is 18.9 Å². The third-order valence-electron chi connectivity index (χ3n) is 3.00. The van der Waals surface area contributed by atoms with Gasteiger partial charge in [-0.3, -0.25) is 4.79 Å². The fourth-order valence-corrected chi connectivity index (χ4v) is 2.65. The van der Waals surface area contributed by atoms with Crippen LogP contribution >= 0.6 is 22.6 Å². The molecule has 0 bridgehead atoms. The Kier molecular flexibility index (Phi) is 7.08. The first-order valence-corrected chi connectivity index (χ1v) is 7.23. The first-order valence-electron chi connectivity index (χ1n) is 5.99. The van der Waals surface area contributed by atoms with Gasteiger partial charge in [-0.15, -0.1) is 5.70 Å². The molecular formula is C14H14FINO2Y-. The molecule has 0 N–H and O–H groups in total. The summed E-state index contributed by atoms with van der Waals surface area (Å²) in [5.41, 5.74) is 0.791. The van der Waals surface area contributed by atoms with Crippen LogP contribution < -0.4 is 4.74 Å². The summed E-state index contributed by atoms with van der Waals surface area (Å²) in [6, 6.07) is 4.63. The fraction of sp³-hybridized carbons (Fsp3) is 0.357. The molecule has 0 saturated carbocycles. The van der Waals surface area contributed by atoms with Gasteiger partial charge in [0.2, 0.25) is 5.91 Å². The molecule has 1 heterocycles. The van der Waals surface area contributed by atoms with E-state index in [-0.39, 0.29) is 42.5 Å². The molecule has 0 spiro atoms. The van der Waals surface area contributed by atoms with Crippen molar-refractivity contribution in [3.8, 4) is 5.75 Å². The topological polar surface area (TPSA) is 29.5 Å². The van der Waals surface area contributed by atoms with Crippen molar-refractivity contribution in [1.29, 1.82) is 0 Å². The molecule has 1 radical (unpaired) electrons. The third-order valence-corrected chi connectivity index (χ3v) is 3.97. The summed E-state index contributed by atoms with van der Waals surface area (Å²) in [4.78, 5) is 13.7. The number of ether oxygens (including phenoxy) is 1. The minimum Gasteiger partial charge on any atom is -0.515 e. The van der Waals surface area contributed by atoms with Crippen LogP contribution in [0.2, 0.25) is 0 Å². The Balaban J connectivity index is 0.00000200. The number of hydrogen-bond donors (Lipinski definition) is 0. The molecular weight excluding hydrogens is 449 g/mol. The van der Waals surface area contributed by atoms with Crippen molar-refractivity contribution < 1.29 is 46.6 Å². The van der Waals surface area contributed by atoms with Gasteiger partial charge in [0.05, 0.1) is 22.6 Å². The molecule has 1 aromatic rings. The maximum atomic E-state index is 14.1. The van der Waals surface area contributed by atoms with E-state index >= 15 is 0 Å². The average Bonchev–Trinajstić information content (AvgIpc) is 2.41. The van der Waals surface area contributed by atoms with E-state index in [4.69, 9.17) is 4.74 Å². The summed E-state index contributed by atoms with van der Waals surface area (Å²) in [6.07, 6.45) is 3.62. The Hall–Kier alpha value is -0.00610. The van der Waals surface area contributed by atoms with Crippen molar-refractivity contribution >= 4 is 34.2 Å². The largest absolute Gasteiger partial charge is 0.515 e. The van der Waals surface area contributed by atoms with E-state index in [9.17, 15) is 9.18 Å². The Labute approximate surface area is 157 Å². The first kappa shape index (κ1) is 18.0. The fourth-order valence-electron chi connectivity index (χ4n) is 2.09. The summed E-state index contributed by atoms with van der Waals surface area (Å²) in [6.45, 7) is 2.35. The second-order valence-corrected chi connectivity index (χ2v) is 5.60. The summed E-state index contributed by atoms with van der Waals surface area (Å²) >= 11 is 2.09. The van der Waals surface area contributed by atoms with Gasteiger partial charge in [-0.05, 0) is 19.1 Å². The molecule has 0 aromatic heterocycles. The Morgan fingerprint density at radius 2 is 2.25 bits per heavy atom. The normalized spacial score (nSPS) is 18.4. The number of carbonyl (C=O) groups is 1. The van der Waals surface area contributed by atoms with E-state index in [0.29, 0.717) is 30.0 Å². The number of amides is 1. The Morgan fingerprint density at radius 3 is 2.85 bits per heavy atom. The van der Waals surface area contributed by atoms with Gasteiger partial charge in [-0.2, -0.15) is 0 Å². The number of hydrogen-bond acceptors (Lipinski definition) is 2. The van der Waals surface area contributed by atoms with Crippen LogP contribution in [-0.4, -0.2) is 28.4 Å². The minimum atomic E-state index is -0.403. The van der Waals surface area contributed by atoms with Gasteiger partial charge >= 0.3 is 0 Å². The summed E-state index contributed by atoms with van der Waals surface area (Å²) < 4.78 is 19.1. The zero-order valence-corrected chi connectivity index (χ0v) is 16.3. The van der Waals surface area contributed by atoms with Crippen molar-refractivity contribution in [2.45, 2.75) is 17.3 Å². The standard InChI is InChI=1S/C14H14FINO2.Y/c1-3-17-11(8-7-10(16)14(17)18)13-9(15)5-4-6-12(13)19-2;/h4-6,10H,3,7H2,1-2H3;/q-1;. The van der Waals surface area contributed by atoms with Gasteiger partial charge in [-0.1, -0.05) is 40.6 Å². The van der Waals surface area contributed by atoms with Crippen LogP contribution in [-0.2, 0) is 37.5 Å². The molecule has 0 aliphatic carbocycles. The molecule has 0 fully saturated rings. The SMILES string of the molecule is CCN1C(=O)C(I)C[C-]=C1c1c(F)cccc1OC.[Y]. The van der Waals surface area contributed by atoms with Crippen molar-refractivity contribution in [1.82, 2.24) is 4.90 Å². The molecule has 1 aliphatic heterocycles. The molecule has 1 aromatic carbocycles. The number of allylic oxidation sites excluding steroid dienone is 1. The van der Waals surface area contributed by atoms with Gasteiger partial charge in [0.1, 0.15) is 0 Å². The van der Waals surface area contributed by atoms with E-state index in [1.165, 1.54) is 13.2 Å². The molecule has 1 amide bonds. The molecule has 20 heavy (non-hydrogen) atoms. The van der Waals surface area contributed by atoms with Gasteiger partial charge in [-0.25, -0.2) is 10.5 Å². The number of alkyl halides is 1. The zero-order valence-electron chi connectivity index (χ0n) is 11.3. The number of halogens is 2. The van der Waals surface area contributed by atoms with Crippen LogP contribution in [0.3, 0.4) is 0 Å². The summed E-state index contributed by atoms with van der Waals surface area (Å²) in [5, 5.41) is 0. The van der Waals surface area contributed by atoms with Crippen LogP contribution in [0.15, 0.2) is 18.2 Å². The molecule has 1 atom stereocenters. The number of benzene rings is 1. The van der Waals surface area contributed by atoms with E-state index in [0.717, 1.165) is 0 Å². The number of nitrogens with zero attached hydrogens (tertiary/aromatic N) is 1. The van der Waals surface area contributed by atoms with Crippen LogP contribution in [0.25, 0.3) is 5.70 Å². The van der Waals surface area contributed by atoms with Crippen LogP contribution in [0.4, 0.5) is 4.39 Å². The predicted octanol–water partition coefficient (Wildman–Crippen LogP) is 3.03. The molecule has 0 saturated heterocycles. The average molecular weight is 463 g/mol. The molecule has 3 nitrogen and oxygen atoms in total. The Bertz CT molecular complexity index is 536. The molecule has 105 valence electrons. The number of rotatable bonds is 3. The number of methoxy groups -OCH3 is 1. The van der Waals surface area contributed by atoms with E-state index in [1.807, 2.05) is 6.92 Å². The third kappa shape index (κ3) is 3.42. The Morgan fingerprint density at radius 1 is 1.55 bits per heavy atom. The predicted molar refractivity (Wildman–Crippen MR) is 79.4 cm³/mol.